The number of rotatable bonds is 6. The van der Waals surface area contributed by atoms with Gasteiger partial charge in [-0.3, -0.25) is 9.97 Å². The van der Waals surface area contributed by atoms with Crippen molar-refractivity contribution in [3.8, 4) is 10.7 Å². The van der Waals surface area contributed by atoms with Crippen molar-refractivity contribution in [3.63, 3.8) is 0 Å². The van der Waals surface area contributed by atoms with Crippen molar-refractivity contribution >= 4 is 11.3 Å². The topological polar surface area (TPSA) is 50.7 Å². The molecule has 96 valence electrons. The van der Waals surface area contributed by atoms with E-state index in [0.717, 1.165) is 36.6 Å². The molecule has 1 N–H and O–H groups in total. The summed E-state index contributed by atoms with van der Waals surface area (Å²) in [5.41, 5.74) is 2.06. The van der Waals surface area contributed by atoms with Gasteiger partial charge in [0.25, 0.3) is 0 Å². The van der Waals surface area contributed by atoms with Gasteiger partial charge in [-0.15, -0.1) is 11.3 Å². The van der Waals surface area contributed by atoms with Crippen LogP contribution in [0.3, 0.4) is 0 Å². The molecular weight excluding hydrogens is 244 g/mol. The Bertz CT molecular complexity index is 481. The third kappa shape index (κ3) is 3.11. The molecule has 0 fully saturated rings. The van der Waals surface area contributed by atoms with Crippen LogP contribution in [0, 0.1) is 0 Å². The quantitative estimate of drug-likeness (QED) is 0.869. The van der Waals surface area contributed by atoms with E-state index in [1.54, 1.807) is 29.9 Å². The van der Waals surface area contributed by atoms with Crippen LogP contribution in [0.25, 0.3) is 10.7 Å². The number of aryl methyl sites for hydroxylation is 1. The molecule has 2 heterocycles. The predicted molar refractivity (Wildman–Crippen MR) is 74.5 cm³/mol. The van der Waals surface area contributed by atoms with Crippen molar-refractivity contribution in [2.24, 2.45) is 0 Å². The molecule has 5 heteroatoms. The molecule has 0 unspecified atom stereocenters. The van der Waals surface area contributed by atoms with E-state index >= 15 is 0 Å². The summed E-state index contributed by atoms with van der Waals surface area (Å²) in [6.45, 7) is 6.16. The highest BCUT2D eigenvalue weighted by Gasteiger charge is 2.12. The molecular formula is C13H18N4S. The van der Waals surface area contributed by atoms with Gasteiger partial charge in [-0.2, -0.15) is 0 Å². The number of thiazole rings is 1. The predicted octanol–water partition coefficient (Wildman–Crippen LogP) is 2.66. The lowest BCUT2D eigenvalue weighted by atomic mass is 10.2. The zero-order valence-electron chi connectivity index (χ0n) is 10.8. The van der Waals surface area contributed by atoms with E-state index in [2.05, 4.69) is 29.1 Å². The molecule has 0 aliphatic rings. The van der Waals surface area contributed by atoms with E-state index in [-0.39, 0.29) is 0 Å². The van der Waals surface area contributed by atoms with E-state index < -0.39 is 0 Å². The molecule has 0 spiro atoms. The second kappa shape index (κ2) is 6.56. The van der Waals surface area contributed by atoms with E-state index in [9.17, 15) is 0 Å². The molecule has 0 bridgehead atoms. The van der Waals surface area contributed by atoms with E-state index in [4.69, 9.17) is 4.98 Å². The summed E-state index contributed by atoms with van der Waals surface area (Å²) in [6, 6.07) is 0. The SMILES string of the molecule is CCCc1nc(-c2cnccn2)sc1CNCC. The fourth-order valence-corrected chi connectivity index (χ4v) is 2.75. The molecule has 0 aliphatic heterocycles. The van der Waals surface area contributed by atoms with Crippen LogP contribution in [0.5, 0.6) is 0 Å². The van der Waals surface area contributed by atoms with Gasteiger partial charge in [0.15, 0.2) is 0 Å². The zero-order valence-corrected chi connectivity index (χ0v) is 11.6. The van der Waals surface area contributed by atoms with Crippen LogP contribution in [0.4, 0.5) is 0 Å². The Hall–Kier alpha value is -1.33. The standard InChI is InChI=1S/C13H18N4S/c1-3-5-10-12(9-14-4-2)18-13(17-10)11-8-15-6-7-16-11/h6-8,14H,3-5,9H2,1-2H3. The summed E-state index contributed by atoms with van der Waals surface area (Å²) in [5, 5.41) is 4.33. The lowest BCUT2D eigenvalue weighted by Gasteiger charge is -2.00. The molecule has 0 atom stereocenters. The van der Waals surface area contributed by atoms with Gasteiger partial charge < -0.3 is 5.32 Å². The molecule has 0 aromatic carbocycles. The van der Waals surface area contributed by atoms with Crippen LogP contribution in [0.2, 0.25) is 0 Å². The van der Waals surface area contributed by atoms with Crippen molar-refractivity contribution in [3.05, 3.63) is 29.2 Å². The highest BCUT2D eigenvalue weighted by atomic mass is 32.1. The van der Waals surface area contributed by atoms with Gasteiger partial charge in [-0.25, -0.2) is 4.98 Å². The molecule has 0 saturated carbocycles. The third-order valence-corrected chi connectivity index (χ3v) is 3.70. The Kier molecular flexibility index (Phi) is 4.78. The van der Waals surface area contributed by atoms with Gasteiger partial charge in [0.1, 0.15) is 10.7 Å². The van der Waals surface area contributed by atoms with E-state index in [1.807, 2.05) is 0 Å². The molecule has 0 aliphatic carbocycles. The first-order chi connectivity index (χ1) is 8.85. The first-order valence-electron chi connectivity index (χ1n) is 6.30. The maximum absolute atomic E-state index is 4.70. The smallest absolute Gasteiger partial charge is 0.144 e. The fraction of sp³-hybridized carbons (Fsp3) is 0.462. The van der Waals surface area contributed by atoms with Gasteiger partial charge in [0.05, 0.1) is 11.9 Å². The summed E-state index contributed by atoms with van der Waals surface area (Å²) >= 11 is 1.72. The van der Waals surface area contributed by atoms with Gasteiger partial charge in [-0.1, -0.05) is 20.3 Å². The molecule has 0 amide bonds. The van der Waals surface area contributed by atoms with Crippen molar-refractivity contribution < 1.29 is 0 Å². The summed E-state index contributed by atoms with van der Waals surface area (Å²) in [7, 11) is 0. The van der Waals surface area contributed by atoms with Crippen LogP contribution in [-0.2, 0) is 13.0 Å². The van der Waals surface area contributed by atoms with Crippen LogP contribution in [0.15, 0.2) is 18.6 Å². The van der Waals surface area contributed by atoms with Crippen molar-refractivity contribution in [2.45, 2.75) is 33.2 Å². The normalized spacial score (nSPS) is 10.8. The van der Waals surface area contributed by atoms with Crippen molar-refractivity contribution in [1.29, 1.82) is 0 Å². The molecule has 0 saturated heterocycles. The molecule has 0 radical (unpaired) electrons. The molecule has 2 rings (SSSR count). The fourth-order valence-electron chi connectivity index (χ4n) is 1.71. The molecule has 18 heavy (non-hydrogen) atoms. The van der Waals surface area contributed by atoms with Crippen LogP contribution in [-0.4, -0.2) is 21.5 Å². The lowest BCUT2D eigenvalue weighted by Crippen LogP contribution is -2.11. The zero-order chi connectivity index (χ0) is 12.8. The number of nitrogens with zero attached hydrogens (tertiary/aromatic N) is 3. The van der Waals surface area contributed by atoms with E-state index in [1.165, 1.54) is 10.6 Å². The maximum Gasteiger partial charge on any atom is 0.144 e. The largest absolute Gasteiger partial charge is 0.312 e. The first-order valence-corrected chi connectivity index (χ1v) is 7.12. The highest BCUT2D eigenvalue weighted by molar-refractivity contribution is 7.15. The van der Waals surface area contributed by atoms with Gasteiger partial charge >= 0.3 is 0 Å². The average Bonchev–Trinajstić information content (AvgIpc) is 2.81. The monoisotopic (exact) mass is 262 g/mol. The Morgan fingerprint density at radius 3 is 2.83 bits per heavy atom. The van der Waals surface area contributed by atoms with Gasteiger partial charge in [-0.05, 0) is 13.0 Å². The van der Waals surface area contributed by atoms with Crippen LogP contribution in [0.1, 0.15) is 30.8 Å². The highest BCUT2D eigenvalue weighted by Crippen LogP contribution is 2.27. The Morgan fingerprint density at radius 2 is 2.17 bits per heavy atom. The summed E-state index contributed by atoms with van der Waals surface area (Å²) < 4.78 is 0. The Balaban J connectivity index is 2.27. The molecule has 2 aromatic rings. The number of nitrogens with one attached hydrogen (secondary N) is 1. The minimum atomic E-state index is 0.864. The minimum Gasteiger partial charge on any atom is -0.312 e. The summed E-state index contributed by atoms with van der Waals surface area (Å²) in [5.74, 6) is 0. The molecule has 2 aromatic heterocycles. The van der Waals surface area contributed by atoms with Gasteiger partial charge in [0.2, 0.25) is 0 Å². The maximum atomic E-state index is 4.70. The first kappa shape index (κ1) is 13.1. The van der Waals surface area contributed by atoms with Crippen LogP contribution >= 0.6 is 11.3 Å². The number of hydrogen-bond donors (Lipinski definition) is 1. The third-order valence-electron chi connectivity index (χ3n) is 2.58. The second-order valence-electron chi connectivity index (χ2n) is 4.01. The second-order valence-corrected chi connectivity index (χ2v) is 5.09. The van der Waals surface area contributed by atoms with Crippen LogP contribution < -0.4 is 5.32 Å². The van der Waals surface area contributed by atoms with Crippen molar-refractivity contribution in [2.75, 3.05) is 6.54 Å². The summed E-state index contributed by atoms with van der Waals surface area (Å²) in [4.78, 5) is 14.4. The summed E-state index contributed by atoms with van der Waals surface area (Å²) in [6.07, 6.45) is 7.30. The lowest BCUT2D eigenvalue weighted by molar-refractivity contribution is 0.723. The molecule has 4 nitrogen and oxygen atoms in total. The number of aromatic nitrogens is 3. The average molecular weight is 262 g/mol. The minimum absolute atomic E-state index is 0.864. The van der Waals surface area contributed by atoms with E-state index in [0.29, 0.717) is 0 Å². The van der Waals surface area contributed by atoms with Crippen molar-refractivity contribution in [1.82, 2.24) is 20.3 Å². The number of hydrogen-bond acceptors (Lipinski definition) is 5. The Labute approximate surface area is 112 Å². The Morgan fingerprint density at radius 1 is 1.28 bits per heavy atom. The van der Waals surface area contributed by atoms with Gasteiger partial charge in [0, 0.05) is 23.8 Å².